The molecule has 1 saturated heterocycles. The van der Waals surface area contributed by atoms with Crippen LogP contribution in [0.4, 0.5) is 0 Å². The number of rotatable bonds is 10. The fourth-order valence-corrected chi connectivity index (χ4v) is 7.02. The number of piperidine rings is 1. The van der Waals surface area contributed by atoms with E-state index >= 15 is 0 Å². The molecule has 1 atom stereocenters. The van der Waals surface area contributed by atoms with Gasteiger partial charge in [0.25, 0.3) is 0 Å². The number of primary amides is 1. The van der Waals surface area contributed by atoms with Crippen LogP contribution in [0.2, 0.25) is 0 Å². The molecule has 39 heavy (non-hydrogen) atoms. The van der Waals surface area contributed by atoms with Gasteiger partial charge in [0.15, 0.2) is 5.96 Å². The summed E-state index contributed by atoms with van der Waals surface area (Å²) in [7, 11) is -4.11. The zero-order valence-corrected chi connectivity index (χ0v) is 23.2. The highest BCUT2D eigenvalue weighted by atomic mass is 32.2. The third kappa shape index (κ3) is 7.69. The highest BCUT2D eigenvalue weighted by Gasteiger charge is 2.34. The maximum Gasteiger partial charge on any atom is 0.241 e. The number of hydrogen-bond acceptors (Lipinski definition) is 5. The first-order valence-electron chi connectivity index (χ1n) is 13.8. The van der Waals surface area contributed by atoms with Gasteiger partial charge in [-0.15, -0.1) is 0 Å². The van der Waals surface area contributed by atoms with Gasteiger partial charge in [-0.2, -0.15) is 4.72 Å². The molecule has 6 N–H and O–H groups in total. The molecule has 1 heterocycles. The summed E-state index contributed by atoms with van der Waals surface area (Å²) >= 11 is 0. The van der Waals surface area contributed by atoms with Gasteiger partial charge in [-0.05, 0) is 60.4 Å². The van der Waals surface area contributed by atoms with Gasteiger partial charge in [0.2, 0.25) is 21.8 Å². The van der Waals surface area contributed by atoms with Crippen molar-refractivity contribution in [2.75, 3.05) is 26.2 Å². The smallest absolute Gasteiger partial charge is 0.241 e. The minimum atomic E-state index is -4.11. The number of benzene rings is 2. The Kier molecular flexibility index (Phi) is 9.45. The van der Waals surface area contributed by atoms with E-state index in [-0.39, 0.29) is 16.8 Å². The maximum atomic E-state index is 13.9. The van der Waals surface area contributed by atoms with Crippen LogP contribution in [0.25, 0.3) is 10.8 Å². The Balaban J connectivity index is 1.55. The molecule has 212 valence electrons. The summed E-state index contributed by atoms with van der Waals surface area (Å²) in [4.78, 5) is 29.5. The Bertz CT molecular complexity index is 1290. The fraction of sp³-hybridized carbons (Fsp3) is 0.536. The lowest BCUT2D eigenvalue weighted by molar-refractivity contribution is -0.136. The topological polar surface area (TPSA) is 163 Å². The second-order valence-electron chi connectivity index (χ2n) is 10.9. The first-order valence-corrected chi connectivity index (χ1v) is 15.3. The zero-order valence-electron chi connectivity index (χ0n) is 22.3. The van der Waals surface area contributed by atoms with Crippen molar-refractivity contribution in [1.82, 2.24) is 14.5 Å². The van der Waals surface area contributed by atoms with E-state index in [9.17, 15) is 18.0 Å². The summed E-state index contributed by atoms with van der Waals surface area (Å²) in [6.45, 7) is 2.28. The van der Waals surface area contributed by atoms with Gasteiger partial charge < -0.3 is 21.3 Å². The second kappa shape index (κ2) is 12.8. The molecule has 1 saturated carbocycles. The number of amides is 2. The standard InChI is InChI=1S/C28H40N6O4S/c29-26(35)17-25(32-39(37,38)24-11-10-22-8-4-5-9-23(22)16-24)27(36)34(18-20-6-2-1-3-7-20)19-21-12-14-33(15-13-21)28(30)31/h4-5,8-11,16,20-21,25,32H,1-3,6-7,12-15,17-19H2,(H2,29,35)(H3,30,31). The molecule has 1 aliphatic carbocycles. The number of fused-ring (bicyclic) bond motifs is 1. The number of nitrogens with one attached hydrogen (secondary N) is 2. The lowest BCUT2D eigenvalue weighted by atomic mass is 9.88. The average Bonchev–Trinajstić information content (AvgIpc) is 2.92. The van der Waals surface area contributed by atoms with Gasteiger partial charge in [0, 0.05) is 26.2 Å². The number of carbonyl (C=O) groups excluding carboxylic acids is 2. The minimum Gasteiger partial charge on any atom is -0.370 e. The number of guanidine groups is 1. The van der Waals surface area contributed by atoms with E-state index in [4.69, 9.17) is 16.9 Å². The summed E-state index contributed by atoms with van der Waals surface area (Å²) in [6.07, 6.45) is 6.59. The van der Waals surface area contributed by atoms with Crippen LogP contribution < -0.4 is 16.2 Å². The van der Waals surface area contributed by atoms with E-state index in [1.165, 1.54) is 12.5 Å². The molecule has 11 heteroatoms. The molecule has 0 bridgehead atoms. The van der Waals surface area contributed by atoms with Gasteiger partial charge in [-0.3, -0.25) is 15.0 Å². The Hall–Kier alpha value is -3.18. The number of sulfonamides is 1. The van der Waals surface area contributed by atoms with Crippen molar-refractivity contribution in [2.24, 2.45) is 23.3 Å². The number of likely N-dealkylation sites (tertiary alicyclic amines) is 1. The van der Waals surface area contributed by atoms with Gasteiger partial charge in [-0.25, -0.2) is 8.42 Å². The molecule has 2 fully saturated rings. The highest BCUT2D eigenvalue weighted by Crippen LogP contribution is 2.27. The molecule has 10 nitrogen and oxygen atoms in total. The predicted molar refractivity (Wildman–Crippen MR) is 151 cm³/mol. The third-order valence-electron chi connectivity index (χ3n) is 7.98. The van der Waals surface area contributed by atoms with Crippen LogP contribution in [0.3, 0.4) is 0 Å². The Morgan fingerprint density at radius 1 is 0.949 bits per heavy atom. The minimum absolute atomic E-state index is 0.0268. The quantitative estimate of drug-likeness (QED) is 0.259. The number of nitrogens with two attached hydrogens (primary N) is 2. The Labute approximate surface area is 230 Å². The van der Waals surface area contributed by atoms with Crippen LogP contribution in [0.1, 0.15) is 51.4 Å². The SMILES string of the molecule is N=C(N)N1CCC(CN(CC2CCCCC2)C(=O)C(CC(N)=O)NS(=O)(=O)c2ccc3ccccc3c2)CC1. The van der Waals surface area contributed by atoms with Crippen molar-refractivity contribution < 1.29 is 18.0 Å². The number of hydrogen-bond donors (Lipinski definition) is 4. The van der Waals surface area contributed by atoms with Crippen LogP contribution in [0.15, 0.2) is 47.4 Å². The number of nitrogens with zero attached hydrogens (tertiary/aromatic N) is 2. The average molecular weight is 557 g/mol. The molecule has 0 radical (unpaired) electrons. The lowest BCUT2D eigenvalue weighted by Crippen LogP contribution is -2.53. The van der Waals surface area contributed by atoms with Crippen molar-refractivity contribution in [3.8, 4) is 0 Å². The molecule has 1 aliphatic heterocycles. The Morgan fingerprint density at radius 2 is 1.56 bits per heavy atom. The van der Waals surface area contributed by atoms with E-state index in [2.05, 4.69) is 4.72 Å². The van der Waals surface area contributed by atoms with E-state index in [0.717, 1.165) is 49.3 Å². The van der Waals surface area contributed by atoms with Gasteiger partial charge >= 0.3 is 0 Å². The summed E-state index contributed by atoms with van der Waals surface area (Å²) in [5.41, 5.74) is 11.1. The van der Waals surface area contributed by atoms with E-state index in [1.54, 1.807) is 17.0 Å². The van der Waals surface area contributed by atoms with Crippen molar-refractivity contribution >= 4 is 38.6 Å². The third-order valence-corrected chi connectivity index (χ3v) is 9.45. The van der Waals surface area contributed by atoms with Crippen LogP contribution in [-0.2, 0) is 19.6 Å². The largest absolute Gasteiger partial charge is 0.370 e. The monoisotopic (exact) mass is 556 g/mol. The van der Waals surface area contributed by atoms with Crippen molar-refractivity contribution in [2.45, 2.75) is 62.3 Å². The molecule has 0 spiro atoms. The summed E-state index contributed by atoms with van der Waals surface area (Å²) < 4.78 is 29.3. The molecular formula is C28H40N6O4S. The van der Waals surface area contributed by atoms with E-state index in [1.807, 2.05) is 29.2 Å². The molecule has 0 aromatic heterocycles. The lowest BCUT2D eigenvalue weighted by Gasteiger charge is -2.38. The van der Waals surface area contributed by atoms with Crippen molar-refractivity contribution in [1.29, 1.82) is 5.41 Å². The van der Waals surface area contributed by atoms with Gasteiger partial charge in [0.05, 0.1) is 11.3 Å². The summed E-state index contributed by atoms with van der Waals surface area (Å²) in [6, 6.07) is 10.9. The molecule has 4 rings (SSSR count). The van der Waals surface area contributed by atoms with Crippen LogP contribution in [-0.4, -0.2) is 68.2 Å². The fourth-order valence-electron chi connectivity index (χ4n) is 5.79. The Morgan fingerprint density at radius 3 is 2.18 bits per heavy atom. The zero-order chi connectivity index (χ0) is 28.0. The van der Waals surface area contributed by atoms with Crippen LogP contribution >= 0.6 is 0 Å². The molecule has 2 aliphatic rings. The number of carbonyl (C=O) groups is 2. The van der Waals surface area contributed by atoms with Crippen LogP contribution in [0.5, 0.6) is 0 Å². The summed E-state index contributed by atoms with van der Waals surface area (Å²) in [5.74, 6) is -0.585. The van der Waals surface area contributed by atoms with Gasteiger partial charge in [-0.1, -0.05) is 49.6 Å². The molecule has 1 unspecified atom stereocenters. The van der Waals surface area contributed by atoms with Crippen LogP contribution in [0, 0.1) is 17.2 Å². The highest BCUT2D eigenvalue weighted by molar-refractivity contribution is 7.89. The predicted octanol–water partition coefficient (Wildman–Crippen LogP) is 2.38. The van der Waals surface area contributed by atoms with E-state index < -0.39 is 34.3 Å². The molecule has 2 aromatic rings. The summed E-state index contributed by atoms with van der Waals surface area (Å²) in [5, 5.41) is 9.34. The molecule has 2 aromatic carbocycles. The first-order chi connectivity index (χ1) is 18.6. The van der Waals surface area contributed by atoms with E-state index in [0.29, 0.717) is 32.1 Å². The maximum absolute atomic E-state index is 13.9. The van der Waals surface area contributed by atoms with Gasteiger partial charge in [0.1, 0.15) is 6.04 Å². The normalized spacial score (nSPS) is 18.1. The first kappa shape index (κ1) is 28.8. The molecule has 2 amide bonds. The molecular weight excluding hydrogens is 516 g/mol. The van der Waals surface area contributed by atoms with Crippen molar-refractivity contribution in [3.05, 3.63) is 42.5 Å². The second-order valence-corrected chi connectivity index (χ2v) is 12.6. The van der Waals surface area contributed by atoms with Crippen molar-refractivity contribution in [3.63, 3.8) is 0 Å².